The number of rotatable bonds is 1. The number of nitrogens with zero attached hydrogens (tertiary/aromatic N) is 3. The Hall–Kier alpha value is -4.05. The van der Waals surface area contributed by atoms with Crippen molar-refractivity contribution in [2.45, 2.75) is 0 Å². The summed E-state index contributed by atoms with van der Waals surface area (Å²) in [6, 6.07) is 29.5. The van der Waals surface area contributed by atoms with Crippen LogP contribution in [0.3, 0.4) is 0 Å². The van der Waals surface area contributed by atoms with E-state index in [2.05, 4.69) is 0 Å². The van der Waals surface area contributed by atoms with Crippen LogP contribution < -0.4 is 5.56 Å². The summed E-state index contributed by atoms with van der Waals surface area (Å²) < 4.78 is 1.65. The summed E-state index contributed by atoms with van der Waals surface area (Å²) in [7, 11) is 0. The largest absolute Gasteiger partial charge is 0.268 e. The van der Waals surface area contributed by atoms with Crippen molar-refractivity contribution >= 4 is 38.2 Å². The van der Waals surface area contributed by atoms with Gasteiger partial charge in [-0.2, -0.15) is 0 Å². The molecule has 2 heterocycles. The first-order chi connectivity index (χ1) is 14.3. The summed E-state index contributed by atoms with van der Waals surface area (Å²) in [5.41, 5.74) is 2.92. The lowest BCUT2D eigenvalue weighted by atomic mass is 10.1. The van der Waals surface area contributed by atoms with Gasteiger partial charge in [-0.3, -0.25) is 4.79 Å². The van der Waals surface area contributed by atoms with Gasteiger partial charge < -0.3 is 0 Å². The van der Waals surface area contributed by atoms with Gasteiger partial charge in [-0.25, -0.2) is 14.4 Å². The average molecular weight is 373 g/mol. The molecule has 0 saturated carbocycles. The zero-order chi connectivity index (χ0) is 19.4. The highest BCUT2D eigenvalue weighted by atomic mass is 16.1. The lowest BCUT2D eigenvalue weighted by molar-refractivity contribution is 1.05. The van der Waals surface area contributed by atoms with E-state index in [9.17, 15) is 4.79 Å². The third-order valence-corrected chi connectivity index (χ3v) is 5.35. The summed E-state index contributed by atoms with van der Waals surface area (Å²) in [5, 5.41) is 3.54. The molecule has 0 amide bonds. The first-order valence-electron chi connectivity index (χ1n) is 9.49. The van der Waals surface area contributed by atoms with E-state index in [1.165, 1.54) is 0 Å². The van der Waals surface area contributed by atoms with E-state index < -0.39 is 0 Å². The topological polar surface area (TPSA) is 47.3 Å². The Bertz CT molecular complexity index is 1620. The average Bonchev–Trinajstić information content (AvgIpc) is 2.78. The summed E-state index contributed by atoms with van der Waals surface area (Å²) in [4.78, 5) is 23.4. The van der Waals surface area contributed by atoms with E-state index in [1.54, 1.807) is 4.40 Å². The maximum Gasteiger partial charge on any atom is 0.267 e. The molecule has 0 N–H and O–H groups in total. The van der Waals surface area contributed by atoms with Crippen LogP contribution in [0.4, 0.5) is 0 Å². The van der Waals surface area contributed by atoms with Crippen molar-refractivity contribution in [1.82, 2.24) is 14.4 Å². The Morgan fingerprint density at radius 1 is 0.621 bits per heavy atom. The number of benzene rings is 4. The van der Waals surface area contributed by atoms with Crippen molar-refractivity contribution in [3.8, 4) is 11.4 Å². The Labute approximate surface area is 165 Å². The van der Waals surface area contributed by atoms with Gasteiger partial charge in [0, 0.05) is 10.9 Å². The quantitative estimate of drug-likeness (QED) is 0.293. The van der Waals surface area contributed by atoms with E-state index in [-0.39, 0.29) is 5.56 Å². The minimum Gasteiger partial charge on any atom is -0.268 e. The minimum atomic E-state index is -0.104. The molecule has 0 aliphatic rings. The van der Waals surface area contributed by atoms with Gasteiger partial charge in [-0.15, -0.1) is 0 Å². The first kappa shape index (κ1) is 16.0. The smallest absolute Gasteiger partial charge is 0.267 e. The molecule has 0 spiro atoms. The minimum absolute atomic E-state index is 0.104. The van der Waals surface area contributed by atoms with Crippen LogP contribution >= 0.6 is 0 Å². The molecule has 0 atom stereocenters. The summed E-state index contributed by atoms with van der Waals surface area (Å²) >= 11 is 0. The second-order valence-corrected chi connectivity index (χ2v) is 7.11. The molecule has 0 fully saturated rings. The van der Waals surface area contributed by atoms with Crippen LogP contribution in [0.1, 0.15) is 0 Å². The van der Waals surface area contributed by atoms with E-state index >= 15 is 0 Å². The SMILES string of the molecule is O=c1c2cc3ccccc3cc2nc2c3ccccc3nc(-c3ccccc3)n12. The van der Waals surface area contributed by atoms with Gasteiger partial charge in [-0.1, -0.05) is 66.7 Å². The summed E-state index contributed by atoms with van der Waals surface area (Å²) in [6.45, 7) is 0. The lowest BCUT2D eigenvalue weighted by Crippen LogP contribution is -2.18. The van der Waals surface area contributed by atoms with Crippen molar-refractivity contribution in [3.05, 3.63) is 101 Å². The van der Waals surface area contributed by atoms with E-state index in [0.29, 0.717) is 22.4 Å². The van der Waals surface area contributed by atoms with Gasteiger partial charge in [-0.05, 0) is 35.0 Å². The molecule has 6 aromatic rings. The van der Waals surface area contributed by atoms with E-state index in [0.717, 1.165) is 27.2 Å². The third kappa shape index (κ3) is 2.36. The van der Waals surface area contributed by atoms with E-state index in [4.69, 9.17) is 9.97 Å². The monoisotopic (exact) mass is 373 g/mol. The Morgan fingerprint density at radius 3 is 2.14 bits per heavy atom. The van der Waals surface area contributed by atoms with Crippen LogP contribution in [0, 0.1) is 0 Å². The summed E-state index contributed by atoms with van der Waals surface area (Å²) in [5.74, 6) is 0.604. The number of para-hydroxylation sites is 1. The molecule has 136 valence electrons. The molecule has 2 aromatic heterocycles. The predicted molar refractivity (Wildman–Crippen MR) is 117 cm³/mol. The molecule has 0 aliphatic heterocycles. The highest BCUT2D eigenvalue weighted by Gasteiger charge is 2.15. The van der Waals surface area contributed by atoms with Crippen LogP contribution in [0.25, 0.3) is 49.6 Å². The molecule has 4 aromatic carbocycles. The van der Waals surface area contributed by atoms with Gasteiger partial charge in [0.25, 0.3) is 5.56 Å². The normalized spacial score (nSPS) is 11.6. The Balaban J connectivity index is 1.88. The zero-order valence-electron chi connectivity index (χ0n) is 15.4. The van der Waals surface area contributed by atoms with Crippen LogP contribution in [-0.4, -0.2) is 14.4 Å². The van der Waals surface area contributed by atoms with E-state index in [1.807, 2.05) is 91.0 Å². The first-order valence-corrected chi connectivity index (χ1v) is 9.49. The highest BCUT2D eigenvalue weighted by Crippen LogP contribution is 2.26. The molecule has 0 bridgehead atoms. The lowest BCUT2D eigenvalue weighted by Gasteiger charge is -2.12. The molecule has 6 rings (SSSR count). The Kier molecular flexibility index (Phi) is 3.29. The second-order valence-electron chi connectivity index (χ2n) is 7.11. The molecular weight excluding hydrogens is 358 g/mol. The molecule has 4 nitrogen and oxygen atoms in total. The van der Waals surface area contributed by atoms with Crippen molar-refractivity contribution < 1.29 is 0 Å². The van der Waals surface area contributed by atoms with Crippen LogP contribution in [-0.2, 0) is 0 Å². The molecule has 0 radical (unpaired) electrons. The van der Waals surface area contributed by atoms with Crippen molar-refractivity contribution in [3.63, 3.8) is 0 Å². The fraction of sp³-hybridized carbons (Fsp3) is 0. The maximum atomic E-state index is 13.7. The third-order valence-electron chi connectivity index (χ3n) is 5.35. The second kappa shape index (κ2) is 5.97. The van der Waals surface area contributed by atoms with Gasteiger partial charge in [0.2, 0.25) is 0 Å². The molecule has 0 unspecified atom stereocenters. The zero-order valence-corrected chi connectivity index (χ0v) is 15.4. The van der Waals surface area contributed by atoms with Gasteiger partial charge in [0.1, 0.15) is 5.82 Å². The Morgan fingerprint density at radius 2 is 1.31 bits per heavy atom. The molecule has 29 heavy (non-hydrogen) atoms. The van der Waals surface area contributed by atoms with Gasteiger partial charge in [0.05, 0.1) is 16.4 Å². The molecule has 4 heteroatoms. The van der Waals surface area contributed by atoms with Gasteiger partial charge in [0.15, 0.2) is 5.65 Å². The summed E-state index contributed by atoms with van der Waals surface area (Å²) in [6.07, 6.45) is 0. The highest BCUT2D eigenvalue weighted by molar-refractivity contribution is 6.00. The standard InChI is InChI=1S/C25H15N3O/c29-25-20-14-17-10-4-5-11-18(17)15-22(20)27-24-19-12-6-7-13-21(19)26-23(28(24)25)16-8-2-1-3-9-16/h1-15H. The van der Waals surface area contributed by atoms with Gasteiger partial charge >= 0.3 is 0 Å². The molecule has 0 saturated heterocycles. The van der Waals surface area contributed by atoms with Crippen LogP contribution in [0.2, 0.25) is 0 Å². The predicted octanol–water partition coefficient (Wildman–Crippen LogP) is 5.22. The molecule has 0 aliphatic carbocycles. The fourth-order valence-electron chi connectivity index (χ4n) is 3.96. The van der Waals surface area contributed by atoms with Crippen LogP contribution in [0.5, 0.6) is 0 Å². The molecular formula is C25H15N3O. The fourth-order valence-corrected chi connectivity index (χ4v) is 3.96. The number of fused-ring (bicyclic) bond motifs is 5. The maximum absolute atomic E-state index is 13.7. The van der Waals surface area contributed by atoms with Crippen LogP contribution in [0.15, 0.2) is 95.8 Å². The number of aromatic nitrogens is 3. The number of hydrogen-bond acceptors (Lipinski definition) is 3. The van der Waals surface area contributed by atoms with Crippen molar-refractivity contribution in [2.24, 2.45) is 0 Å². The number of hydrogen-bond donors (Lipinski definition) is 0. The van der Waals surface area contributed by atoms with Crippen molar-refractivity contribution in [1.29, 1.82) is 0 Å². The van der Waals surface area contributed by atoms with Crippen molar-refractivity contribution in [2.75, 3.05) is 0 Å².